The quantitative estimate of drug-likeness (QED) is 0.869. The van der Waals surface area contributed by atoms with Gasteiger partial charge in [-0.15, -0.1) is 0 Å². The smallest absolute Gasteiger partial charge is 0.0547 e. The van der Waals surface area contributed by atoms with Crippen molar-refractivity contribution < 1.29 is 0 Å². The number of aromatic nitrogens is 1. The van der Waals surface area contributed by atoms with E-state index in [1.165, 1.54) is 38.8 Å². The molecule has 0 unspecified atom stereocenters. The molecule has 1 aliphatic rings. The Balaban J connectivity index is 1.83. The Kier molecular flexibility index (Phi) is 5.14. The predicted octanol–water partition coefficient (Wildman–Crippen LogP) is 2.55. The van der Waals surface area contributed by atoms with Gasteiger partial charge in [0.2, 0.25) is 0 Å². The number of nitrogens with zero attached hydrogens (tertiary/aromatic N) is 2. The Labute approximate surface area is 110 Å². The zero-order valence-electron chi connectivity index (χ0n) is 11.4. The molecular weight excluding hydrogens is 222 g/mol. The molecule has 0 spiro atoms. The molecule has 0 aromatic carbocycles. The summed E-state index contributed by atoms with van der Waals surface area (Å²) >= 11 is 0. The maximum atomic E-state index is 5.63. The van der Waals surface area contributed by atoms with Crippen molar-refractivity contribution in [3.05, 3.63) is 29.6 Å². The Hall–Kier alpha value is -0.930. The molecule has 1 aromatic rings. The minimum Gasteiger partial charge on any atom is -0.325 e. The van der Waals surface area contributed by atoms with Crippen LogP contribution in [0.15, 0.2) is 18.2 Å². The van der Waals surface area contributed by atoms with Crippen LogP contribution >= 0.6 is 0 Å². The predicted molar refractivity (Wildman–Crippen MR) is 75.0 cm³/mol. The molecule has 3 heteroatoms. The molecule has 1 fully saturated rings. The Bertz CT molecular complexity index is 357. The van der Waals surface area contributed by atoms with Crippen LogP contribution in [0.5, 0.6) is 0 Å². The fraction of sp³-hybridized carbons (Fsp3) is 0.667. The van der Waals surface area contributed by atoms with Gasteiger partial charge in [0, 0.05) is 13.1 Å². The van der Waals surface area contributed by atoms with E-state index >= 15 is 0 Å². The normalized spacial score (nSPS) is 18.1. The second kappa shape index (κ2) is 6.86. The van der Waals surface area contributed by atoms with E-state index in [1.807, 2.05) is 6.07 Å². The van der Waals surface area contributed by atoms with Crippen molar-refractivity contribution >= 4 is 0 Å². The van der Waals surface area contributed by atoms with E-state index in [0.29, 0.717) is 6.54 Å². The lowest BCUT2D eigenvalue weighted by Crippen LogP contribution is -2.33. The minimum atomic E-state index is 0.534. The van der Waals surface area contributed by atoms with Gasteiger partial charge in [-0.05, 0) is 44.0 Å². The molecule has 2 rings (SSSR count). The van der Waals surface area contributed by atoms with Gasteiger partial charge in [0.1, 0.15) is 0 Å². The number of hydrogen-bond acceptors (Lipinski definition) is 3. The lowest BCUT2D eigenvalue weighted by Gasteiger charge is -2.31. The van der Waals surface area contributed by atoms with Crippen molar-refractivity contribution in [2.24, 2.45) is 11.7 Å². The monoisotopic (exact) mass is 247 g/mol. The van der Waals surface area contributed by atoms with E-state index in [1.54, 1.807) is 0 Å². The van der Waals surface area contributed by atoms with Crippen LogP contribution in [0.3, 0.4) is 0 Å². The van der Waals surface area contributed by atoms with Crippen LogP contribution in [0.2, 0.25) is 0 Å². The molecule has 100 valence electrons. The molecule has 0 atom stereocenters. The Morgan fingerprint density at radius 1 is 1.28 bits per heavy atom. The van der Waals surface area contributed by atoms with Crippen LogP contribution in [-0.2, 0) is 13.1 Å². The van der Waals surface area contributed by atoms with E-state index in [-0.39, 0.29) is 0 Å². The number of pyridine rings is 1. The SMILES string of the molecule is CCCC1CCN(Cc2cccc(CN)n2)CC1. The highest BCUT2D eigenvalue weighted by Gasteiger charge is 2.18. The molecule has 0 bridgehead atoms. The van der Waals surface area contributed by atoms with Gasteiger partial charge >= 0.3 is 0 Å². The van der Waals surface area contributed by atoms with Crippen LogP contribution in [0, 0.1) is 5.92 Å². The zero-order valence-corrected chi connectivity index (χ0v) is 11.4. The summed E-state index contributed by atoms with van der Waals surface area (Å²) < 4.78 is 0. The molecule has 1 saturated heterocycles. The standard InChI is InChI=1S/C15H25N3/c1-2-4-13-7-9-18(10-8-13)12-15-6-3-5-14(11-16)17-15/h3,5-6,13H,2,4,7-12,16H2,1H3. The average molecular weight is 247 g/mol. The number of rotatable bonds is 5. The van der Waals surface area contributed by atoms with Gasteiger partial charge in [-0.2, -0.15) is 0 Å². The third kappa shape index (κ3) is 3.79. The van der Waals surface area contributed by atoms with Gasteiger partial charge in [-0.3, -0.25) is 9.88 Å². The Morgan fingerprint density at radius 2 is 2.00 bits per heavy atom. The maximum absolute atomic E-state index is 5.63. The van der Waals surface area contributed by atoms with Crippen LogP contribution < -0.4 is 5.73 Å². The second-order valence-corrected chi connectivity index (χ2v) is 5.33. The molecule has 0 amide bonds. The van der Waals surface area contributed by atoms with Crippen molar-refractivity contribution in [2.75, 3.05) is 13.1 Å². The summed E-state index contributed by atoms with van der Waals surface area (Å²) in [6.45, 7) is 6.24. The molecule has 3 nitrogen and oxygen atoms in total. The highest BCUT2D eigenvalue weighted by Crippen LogP contribution is 2.22. The number of nitrogens with two attached hydrogens (primary N) is 1. The van der Waals surface area contributed by atoms with E-state index in [4.69, 9.17) is 5.73 Å². The summed E-state index contributed by atoms with van der Waals surface area (Å²) in [6.07, 6.45) is 5.42. The van der Waals surface area contributed by atoms with Crippen molar-refractivity contribution in [3.63, 3.8) is 0 Å². The van der Waals surface area contributed by atoms with Gasteiger partial charge in [0.15, 0.2) is 0 Å². The van der Waals surface area contributed by atoms with E-state index in [2.05, 4.69) is 28.9 Å². The van der Waals surface area contributed by atoms with Crippen molar-refractivity contribution in [2.45, 2.75) is 45.7 Å². The molecule has 18 heavy (non-hydrogen) atoms. The third-order valence-corrected chi connectivity index (χ3v) is 3.86. The van der Waals surface area contributed by atoms with Crippen molar-refractivity contribution in [1.82, 2.24) is 9.88 Å². The molecule has 0 saturated carbocycles. The first-order valence-electron chi connectivity index (χ1n) is 7.19. The molecule has 0 aliphatic carbocycles. The maximum Gasteiger partial charge on any atom is 0.0547 e. The highest BCUT2D eigenvalue weighted by atomic mass is 15.1. The second-order valence-electron chi connectivity index (χ2n) is 5.33. The van der Waals surface area contributed by atoms with Gasteiger partial charge in [-0.1, -0.05) is 25.8 Å². The van der Waals surface area contributed by atoms with Crippen LogP contribution in [-0.4, -0.2) is 23.0 Å². The number of hydrogen-bond donors (Lipinski definition) is 1. The van der Waals surface area contributed by atoms with E-state index in [0.717, 1.165) is 23.9 Å². The first kappa shape index (κ1) is 13.5. The van der Waals surface area contributed by atoms with Crippen molar-refractivity contribution in [1.29, 1.82) is 0 Å². The molecule has 0 radical (unpaired) electrons. The van der Waals surface area contributed by atoms with Gasteiger partial charge in [0.05, 0.1) is 11.4 Å². The summed E-state index contributed by atoms with van der Waals surface area (Å²) in [5, 5.41) is 0. The van der Waals surface area contributed by atoms with E-state index < -0.39 is 0 Å². The Morgan fingerprint density at radius 3 is 2.67 bits per heavy atom. The summed E-state index contributed by atoms with van der Waals surface area (Å²) in [7, 11) is 0. The molecule has 1 aliphatic heterocycles. The number of piperidine rings is 1. The summed E-state index contributed by atoms with van der Waals surface area (Å²) in [5.41, 5.74) is 7.78. The molecule has 1 aromatic heterocycles. The largest absolute Gasteiger partial charge is 0.325 e. The zero-order chi connectivity index (χ0) is 12.8. The van der Waals surface area contributed by atoms with Crippen LogP contribution in [0.1, 0.15) is 44.0 Å². The fourth-order valence-corrected chi connectivity index (χ4v) is 2.80. The fourth-order valence-electron chi connectivity index (χ4n) is 2.80. The summed E-state index contributed by atoms with van der Waals surface area (Å²) in [4.78, 5) is 7.10. The molecule has 2 heterocycles. The molecule has 2 N–H and O–H groups in total. The van der Waals surface area contributed by atoms with Crippen molar-refractivity contribution in [3.8, 4) is 0 Å². The van der Waals surface area contributed by atoms with Crippen LogP contribution in [0.25, 0.3) is 0 Å². The topological polar surface area (TPSA) is 42.1 Å². The summed E-state index contributed by atoms with van der Waals surface area (Å²) in [5.74, 6) is 0.953. The first-order valence-corrected chi connectivity index (χ1v) is 7.19. The van der Waals surface area contributed by atoms with Crippen LogP contribution in [0.4, 0.5) is 0 Å². The van der Waals surface area contributed by atoms with Gasteiger partial charge in [0.25, 0.3) is 0 Å². The minimum absolute atomic E-state index is 0.534. The summed E-state index contributed by atoms with van der Waals surface area (Å²) in [6, 6.07) is 6.17. The lowest BCUT2D eigenvalue weighted by molar-refractivity contribution is 0.170. The van der Waals surface area contributed by atoms with E-state index in [9.17, 15) is 0 Å². The molecular formula is C15H25N3. The third-order valence-electron chi connectivity index (χ3n) is 3.86. The lowest BCUT2D eigenvalue weighted by atomic mass is 9.92. The number of likely N-dealkylation sites (tertiary alicyclic amines) is 1. The first-order chi connectivity index (χ1) is 8.81. The van der Waals surface area contributed by atoms with Gasteiger partial charge in [-0.25, -0.2) is 0 Å². The van der Waals surface area contributed by atoms with Gasteiger partial charge < -0.3 is 5.73 Å². The highest BCUT2D eigenvalue weighted by molar-refractivity contribution is 5.11. The average Bonchev–Trinajstić information content (AvgIpc) is 2.42.